The lowest BCUT2D eigenvalue weighted by Crippen LogP contribution is -1.83. The van der Waals surface area contributed by atoms with Crippen LogP contribution >= 0.6 is 0 Å². The van der Waals surface area contributed by atoms with Gasteiger partial charge in [0, 0.05) is 0 Å². The van der Waals surface area contributed by atoms with Crippen LogP contribution in [0.4, 0.5) is 0 Å². The number of furan rings is 1. The molecule has 0 N–H and O–H groups in total. The van der Waals surface area contributed by atoms with Gasteiger partial charge >= 0.3 is 0 Å². The fourth-order valence-corrected chi connectivity index (χ4v) is 1.49. The van der Waals surface area contributed by atoms with Crippen LogP contribution in [0.25, 0.3) is 0 Å². The first kappa shape index (κ1) is 7.41. The second kappa shape index (κ2) is 2.67. The van der Waals surface area contributed by atoms with Crippen LogP contribution in [0.2, 0.25) is 0 Å². The highest BCUT2D eigenvalue weighted by Crippen LogP contribution is 2.30. The van der Waals surface area contributed by atoms with Crippen LogP contribution in [-0.4, -0.2) is 0 Å². The lowest BCUT2D eigenvalue weighted by Gasteiger charge is -1.97. The monoisotopic (exact) mass is 160 g/mol. The van der Waals surface area contributed by atoms with Crippen LogP contribution in [0.3, 0.4) is 0 Å². The predicted molar refractivity (Wildman–Crippen MR) is 49.0 cm³/mol. The Hall–Kier alpha value is -1.24. The van der Waals surface area contributed by atoms with Crippen LogP contribution in [0, 0.1) is 0 Å². The molecule has 0 saturated heterocycles. The van der Waals surface area contributed by atoms with E-state index in [1.165, 1.54) is 11.1 Å². The minimum atomic E-state index is 0.361. The minimum absolute atomic E-state index is 0.361. The second-order valence-corrected chi connectivity index (χ2v) is 3.24. The Kier molecular flexibility index (Phi) is 1.65. The molecule has 12 heavy (non-hydrogen) atoms. The first-order valence-corrected chi connectivity index (χ1v) is 4.18. The molecule has 0 amide bonds. The molecule has 1 heteroatoms. The van der Waals surface area contributed by atoms with E-state index in [9.17, 15) is 0 Å². The molecule has 0 radical (unpaired) electrons. The first-order valence-electron chi connectivity index (χ1n) is 4.18. The largest absolute Gasteiger partial charge is 0.468 e. The Bertz CT molecular complexity index is 310. The van der Waals surface area contributed by atoms with Crippen LogP contribution in [0.1, 0.15) is 25.5 Å². The quantitative estimate of drug-likeness (QED) is 0.614. The molecule has 1 nitrogen and oxygen atoms in total. The van der Waals surface area contributed by atoms with Gasteiger partial charge in [0.05, 0.1) is 12.2 Å². The van der Waals surface area contributed by atoms with Gasteiger partial charge in [0.1, 0.15) is 5.76 Å². The van der Waals surface area contributed by atoms with Crippen molar-refractivity contribution in [2.75, 3.05) is 0 Å². The summed E-state index contributed by atoms with van der Waals surface area (Å²) in [7, 11) is 0. The zero-order valence-corrected chi connectivity index (χ0v) is 7.37. The van der Waals surface area contributed by atoms with Crippen molar-refractivity contribution in [1.82, 2.24) is 0 Å². The summed E-state index contributed by atoms with van der Waals surface area (Å²) in [5, 5.41) is 0. The number of hydrogen-bond acceptors (Lipinski definition) is 1. The van der Waals surface area contributed by atoms with Gasteiger partial charge in [0.15, 0.2) is 0 Å². The van der Waals surface area contributed by atoms with Crippen molar-refractivity contribution in [3.8, 4) is 0 Å². The second-order valence-electron chi connectivity index (χ2n) is 3.24. The van der Waals surface area contributed by atoms with E-state index in [-0.39, 0.29) is 0 Å². The summed E-state index contributed by atoms with van der Waals surface area (Å²) in [5.74, 6) is 1.39. The van der Waals surface area contributed by atoms with Crippen LogP contribution in [0.15, 0.2) is 46.1 Å². The van der Waals surface area contributed by atoms with Crippen molar-refractivity contribution in [2.24, 2.45) is 0 Å². The molecule has 0 bridgehead atoms. The minimum Gasteiger partial charge on any atom is -0.468 e. The van der Waals surface area contributed by atoms with Gasteiger partial charge in [-0.3, -0.25) is 0 Å². The van der Waals surface area contributed by atoms with Crippen molar-refractivity contribution in [2.45, 2.75) is 19.8 Å². The average Bonchev–Trinajstić information content (AvgIpc) is 2.61. The molecule has 1 heterocycles. The zero-order valence-electron chi connectivity index (χ0n) is 7.37. The molecule has 2 rings (SSSR count). The van der Waals surface area contributed by atoms with E-state index in [1.807, 2.05) is 12.1 Å². The Morgan fingerprint density at radius 3 is 2.33 bits per heavy atom. The van der Waals surface area contributed by atoms with Gasteiger partial charge in [-0.05, 0) is 26.0 Å². The molecule has 0 atom stereocenters. The van der Waals surface area contributed by atoms with Gasteiger partial charge in [0.25, 0.3) is 0 Å². The van der Waals surface area contributed by atoms with E-state index in [1.54, 1.807) is 6.26 Å². The summed E-state index contributed by atoms with van der Waals surface area (Å²) < 4.78 is 5.32. The van der Waals surface area contributed by atoms with Crippen molar-refractivity contribution >= 4 is 0 Å². The fraction of sp³-hybridized carbons (Fsp3) is 0.273. The molecule has 0 aliphatic heterocycles. The van der Waals surface area contributed by atoms with Gasteiger partial charge in [-0.25, -0.2) is 0 Å². The molecule has 0 spiro atoms. The third kappa shape index (κ3) is 1.11. The molecule has 0 saturated carbocycles. The fourth-order valence-electron chi connectivity index (χ4n) is 1.49. The SMILES string of the molecule is CC1=CC(c2ccco2)C=C1C. The maximum atomic E-state index is 5.32. The maximum absolute atomic E-state index is 5.32. The topological polar surface area (TPSA) is 13.1 Å². The number of rotatable bonds is 1. The number of allylic oxidation sites excluding steroid dienone is 4. The third-order valence-electron chi connectivity index (χ3n) is 2.35. The molecule has 0 aromatic carbocycles. The van der Waals surface area contributed by atoms with Gasteiger partial charge in [-0.1, -0.05) is 23.3 Å². The zero-order chi connectivity index (χ0) is 8.55. The molecule has 1 aliphatic rings. The van der Waals surface area contributed by atoms with Crippen LogP contribution in [0.5, 0.6) is 0 Å². The summed E-state index contributed by atoms with van der Waals surface area (Å²) >= 11 is 0. The molecule has 0 fully saturated rings. The van der Waals surface area contributed by atoms with E-state index in [0.29, 0.717) is 5.92 Å². The highest BCUT2D eigenvalue weighted by atomic mass is 16.3. The maximum Gasteiger partial charge on any atom is 0.114 e. The van der Waals surface area contributed by atoms with E-state index < -0.39 is 0 Å². The highest BCUT2D eigenvalue weighted by Gasteiger charge is 2.14. The Morgan fingerprint density at radius 2 is 1.83 bits per heavy atom. The van der Waals surface area contributed by atoms with Gasteiger partial charge in [0.2, 0.25) is 0 Å². The third-order valence-corrected chi connectivity index (χ3v) is 2.35. The summed E-state index contributed by atoms with van der Waals surface area (Å²) in [6, 6.07) is 3.95. The highest BCUT2D eigenvalue weighted by molar-refractivity contribution is 5.41. The molecule has 1 aliphatic carbocycles. The van der Waals surface area contributed by atoms with Crippen molar-refractivity contribution in [3.05, 3.63) is 47.5 Å². The molecular formula is C11H12O. The molecule has 1 aromatic heterocycles. The van der Waals surface area contributed by atoms with Crippen molar-refractivity contribution in [1.29, 1.82) is 0 Å². The van der Waals surface area contributed by atoms with Crippen molar-refractivity contribution in [3.63, 3.8) is 0 Å². The van der Waals surface area contributed by atoms with Gasteiger partial charge < -0.3 is 4.42 Å². The van der Waals surface area contributed by atoms with Crippen LogP contribution in [-0.2, 0) is 0 Å². The lowest BCUT2D eigenvalue weighted by atomic mass is 10.1. The summed E-state index contributed by atoms with van der Waals surface area (Å²) in [6.45, 7) is 4.27. The summed E-state index contributed by atoms with van der Waals surface area (Å²) in [6.07, 6.45) is 6.18. The standard InChI is InChI=1S/C11H12O/c1-8-6-10(7-9(8)2)11-4-3-5-12-11/h3-7,10H,1-2H3. The Balaban J connectivity index is 2.31. The average molecular weight is 160 g/mol. The van der Waals surface area contributed by atoms with Crippen molar-refractivity contribution < 1.29 is 4.42 Å². The van der Waals surface area contributed by atoms with E-state index in [2.05, 4.69) is 26.0 Å². The molecule has 62 valence electrons. The van der Waals surface area contributed by atoms with E-state index in [0.717, 1.165) is 5.76 Å². The normalized spacial score (nSPS) is 17.8. The summed E-state index contributed by atoms with van der Waals surface area (Å²) in [4.78, 5) is 0. The molecule has 0 unspecified atom stereocenters. The lowest BCUT2D eigenvalue weighted by molar-refractivity contribution is 0.510. The van der Waals surface area contributed by atoms with E-state index >= 15 is 0 Å². The Morgan fingerprint density at radius 1 is 1.17 bits per heavy atom. The first-order chi connectivity index (χ1) is 5.77. The summed E-state index contributed by atoms with van der Waals surface area (Å²) in [5.41, 5.74) is 2.72. The number of hydrogen-bond donors (Lipinski definition) is 0. The van der Waals surface area contributed by atoms with Gasteiger partial charge in [-0.2, -0.15) is 0 Å². The van der Waals surface area contributed by atoms with E-state index in [4.69, 9.17) is 4.42 Å². The smallest absolute Gasteiger partial charge is 0.114 e. The predicted octanol–water partition coefficient (Wildman–Crippen LogP) is 3.27. The van der Waals surface area contributed by atoms with Gasteiger partial charge in [-0.15, -0.1) is 0 Å². The molecular weight excluding hydrogens is 148 g/mol. The molecule has 1 aromatic rings. The Labute approximate surface area is 72.4 Å². The van der Waals surface area contributed by atoms with Crippen LogP contribution < -0.4 is 0 Å².